The van der Waals surface area contributed by atoms with Gasteiger partial charge in [0, 0.05) is 19.4 Å². The van der Waals surface area contributed by atoms with Gasteiger partial charge >= 0.3 is 19.8 Å². The van der Waals surface area contributed by atoms with Crippen molar-refractivity contribution in [2.75, 3.05) is 26.4 Å². The molecule has 0 fully saturated rings. The van der Waals surface area contributed by atoms with E-state index in [1.165, 1.54) is 70.6 Å². The smallest absolute Gasteiger partial charge is 0.462 e. The fraction of sp³-hybridized carbons (Fsp3) is 0.720. The second kappa shape index (κ2) is 46.0. The van der Waals surface area contributed by atoms with Crippen molar-refractivity contribution in [3.63, 3.8) is 0 Å². The highest BCUT2D eigenvalue weighted by Gasteiger charge is 2.26. The fourth-order valence-corrected chi connectivity index (χ4v) is 7.05. The topological polar surface area (TPSA) is 134 Å². The zero-order valence-corrected chi connectivity index (χ0v) is 39.1. The summed E-state index contributed by atoms with van der Waals surface area (Å²) in [4.78, 5) is 35.0. The van der Waals surface area contributed by atoms with Crippen LogP contribution >= 0.6 is 7.82 Å². The first-order valence-electron chi connectivity index (χ1n) is 23.9. The van der Waals surface area contributed by atoms with Crippen molar-refractivity contribution in [3.8, 4) is 0 Å². The van der Waals surface area contributed by atoms with E-state index in [0.717, 1.165) is 89.9 Å². The number of carbonyl (C=O) groups is 2. The molecule has 9 nitrogen and oxygen atoms in total. The molecule has 0 aliphatic carbocycles. The molecular weight excluding hydrogens is 774 g/mol. The van der Waals surface area contributed by atoms with Gasteiger partial charge in [-0.25, -0.2) is 4.57 Å². The van der Waals surface area contributed by atoms with Crippen molar-refractivity contribution in [3.05, 3.63) is 72.9 Å². The van der Waals surface area contributed by atoms with Crippen molar-refractivity contribution < 1.29 is 37.6 Å². The van der Waals surface area contributed by atoms with Gasteiger partial charge in [-0.2, -0.15) is 0 Å². The zero-order chi connectivity index (χ0) is 43.9. The molecule has 0 bridgehead atoms. The maximum absolute atomic E-state index is 12.6. The summed E-state index contributed by atoms with van der Waals surface area (Å²) >= 11 is 0. The van der Waals surface area contributed by atoms with Gasteiger partial charge in [-0.15, -0.1) is 0 Å². The molecule has 0 rings (SSSR count). The number of nitrogens with two attached hydrogens (primary N) is 1. The summed E-state index contributed by atoms with van der Waals surface area (Å²) in [5, 5.41) is 0. The van der Waals surface area contributed by atoms with E-state index in [1.54, 1.807) is 0 Å². The lowest BCUT2D eigenvalue weighted by Crippen LogP contribution is -2.29. The molecule has 346 valence electrons. The van der Waals surface area contributed by atoms with Gasteiger partial charge in [-0.05, 0) is 77.0 Å². The van der Waals surface area contributed by atoms with Crippen LogP contribution in [-0.4, -0.2) is 49.3 Å². The van der Waals surface area contributed by atoms with Crippen LogP contribution in [0.15, 0.2) is 72.9 Å². The first-order valence-corrected chi connectivity index (χ1v) is 25.4. The monoisotopic (exact) mass is 862 g/mol. The highest BCUT2D eigenvalue weighted by Crippen LogP contribution is 2.43. The number of phosphoric ester groups is 1. The van der Waals surface area contributed by atoms with Crippen LogP contribution in [0.5, 0.6) is 0 Å². The minimum absolute atomic E-state index is 0.0483. The normalized spacial score (nSPS) is 13.9. The molecule has 0 spiro atoms. The average molecular weight is 862 g/mol. The predicted molar refractivity (Wildman–Crippen MR) is 252 cm³/mol. The predicted octanol–water partition coefficient (Wildman–Crippen LogP) is 14.2. The summed E-state index contributed by atoms with van der Waals surface area (Å²) in [6.45, 7) is 3.56. The number of phosphoric acid groups is 1. The number of hydrogen-bond donors (Lipinski definition) is 2. The second-order valence-electron chi connectivity index (χ2n) is 15.6. The molecule has 0 saturated heterocycles. The lowest BCUT2D eigenvalue weighted by atomic mass is 10.0. The first kappa shape index (κ1) is 57.4. The molecule has 0 radical (unpaired) electrons. The molecule has 60 heavy (non-hydrogen) atoms. The standard InChI is InChI=1S/C50H88NO8P/c1-3-5-7-9-11-13-15-17-19-20-21-22-23-24-25-26-27-28-29-31-33-35-37-39-41-43-50(53)59-48(47-58-60(54,55)57-45-44-51)46-56-49(52)42-40-38-36-34-32-30-18-16-14-12-10-8-6-4-2/h5,7,10-13,16-19,21-22,48H,3-4,6,8-9,14-15,20,23-47,51H2,1-2H3,(H,54,55)/b7-5-,12-10-,13-11-,18-16-,19-17-,22-21-. The van der Waals surface area contributed by atoms with E-state index in [-0.39, 0.29) is 32.6 Å². The Bertz CT molecular complexity index is 1210. The molecule has 0 heterocycles. The van der Waals surface area contributed by atoms with Gasteiger partial charge < -0.3 is 20.1 Å². The third-order valence-corrected chi connectivity index (χ3v) is 10.8. The summed E-state index contributed by atoms with van der Waals surface area (Å²) < 4.78 is 32.8. The number of hydrogen-bond acceptors (Lipinski definition) is 8. The van der Waals surface area contributed by atoms with Crippen LogP contribution in [0.1, 0.15) is 200 Å². The molecule has 0 aromatic heterocycles. The van der Waals surface area contributed by atoms with Crippen molar-refractivity contribution >= 4 is 19.8 Å². The van der Waals surface area contributed by atoms with E-state index in [9.17, 15) is 19.0 Å². The van der Waals surface area contributed by atoms with E-state index in [2.05, 4.69) is 86.8 Å². The maximum atomic E-state index is 12.6. The van der Waals surface area contributed by atoms with Crippen LogP contribution in [0.25, 0.3) is 0 Å². The van der Waals surface area contributed by atoms with Crippen LogP contribution in [0.4, 0.5) is 0 Å². The second-order valence-corrected chi connectivity index (χ2v) is 17.0. The SMILES string of the molecule is CC/C=C\C/C=C\C/C=C\C/C=C\CCCCCCCCCCCCCCC(=O)OC(COC(=O)CCCCCCC/C=C\C/C=C\CCCC)COP(=O)(O)OCCN. The summed E-state index contributed by atoms with van der Waals surface area (Å²) in [7, 11) is -4.39. The highest BCUT2D eigenvalue weighted by atomic mass is 31.2. The van der Waals surface area contributed by atoms with Crippen molar-refractivity contribution in [2.45, 2.75) is 206 Å². The molecule has 0 aromatic carbocycles. The Hall–Kier alpha value is -2.55. The van der Waals surface area contributed by atoms with Crippen molar-refractivity contribution in [1.82, 2.24) is 0 Å². The number of carbonyl (C=O) groups excluding carboxylic acids is 2. The van der Waals surface area contributed by atoms with E-state index in [1.807, 2.05) is 0 Å². The number of esters is 2. The van der Waals surface area contributed by atoms with Crippen molar-refractivity contribution in [1.29, 1.82) is 0 Å². The number of rotatable bonds is 44. The van der Waals surface area contributed by atoms with E-state index >= 15 is 0 Å². The van der Waals surface area contributed by atoms with E-state index < -0.39 is 32.5 Å². The maximum Gasteiger partial charge on any atom is 0.472 e. The highest BCUT2D eigenvalue weighted by molar-refractivity contribution is 7.47. The Labute approximate surface area is 367 Å². The van der Waals surface area contributed by atoms with Gasteiger partial charge in [0.2, 0.25) is 0 Å². The molecule has 0 aliphatic rings. The van der Waals surface area contributed by atoms with Crippen LogP contribution in [0.3, 0.4) is 0 Å². The molecular formula is C50H88NO8P. The first-order chi connectivity index (χ1) is 29.3. The Morgan fingerprint density at radius 2 is 0.917 bits per heavy atom. The Morgan fingerprint density at radius 3 is 1.37 bits per heavy atom. The molecule has 0 saturated carbocycles. The van der Waals surface area contributed by atoms with Crippen LogP contribution < -0.4 is 5.73 Å². The minimum atomic E-state index is -4.39. The van der Waals surface area contributed by atoms with Gasteiger partial charge in [0.15, 0.2) is 6.10 Å². The molecule has 2 unspecified atom stereocenters. The summed E-state index contributed by atoms with van der Waals surface area (Å²) in [6.07, 6.45) is 56.5. The Balaban J connectivity index is 4.06. The van der Waals surface area contributed by atoms with Crippen LogP contribution in [0.2, 0.25) is 0 Å². The molecule has 3 N–H and O–H groups in total. The van der Waals surface area contributed by atoms with E-state index in [0.29, 0.717) is 12.8 Å². The molecule has 0 amide bonds. The van der Waals surface area contributed by atoms with Gasteiger partial charge in [-0.3, -0.25) is 18.6 Å². The van der Waals surface area contributed by atoms with Gasteiger partial charge in [0.25, 0.3) is 0 Å². The molecule has 0 aromatic rings. The summed E-state index contributed by atoms with van der Waals surface area (Å²) in [6, 6.07) is 0. The minimum Gasteiger partial charge on any atom is -0.462 e. The van der Waals surface area contributed by atoms with Crippen LogP contribution in [0, 0.1) is 0 Å². The Morgan fingerprint density at radius 1 is 0.517 bits per heavy atom. The average Bonchev–Trinajstić information content (AvgIpc) is 3.24. The van der Waals surface area contributed by atoms with Gasteiger partial charge in [-0.1, -0.05) is 183 Å². The summed E-state index contributed by atoms with van der Waals surface area (Å²) in [5.41, 5.74) is 5.36. The summed E-state index contributed by atoms with van der Waals surface area (Å²) in [5.74, 6) is -0.849. The third-order valence-electron chi connectivity index (χ3n) is 9.83. The number of allylic oxidation sites excluding steroid dienone is 12. The number of unbranched alkanes of at least 4 members (excludes halogenated alkanes) is 19. The molecule has 10 heteroatoms. The lowest BCUT2D eigenvalue weighted by molar-refractivity contribution is -0.161. The van der Waals surface area contributed by atoms with Crippen molar-refractivity contribution in [2.24, 2.45) is 5.73 Å². The quantitative estimate of drug-likeness (QED) is 0.0266. The van der Waals surface area contributed by atoms with Gasteiger partial charge in [0.1, 0.15) is 6.61 Å². The fourth-order valence-electron chi connectivity index (χ4n) is 6.29. The molecule has 0 aliphatic heterocycles. The lowest BCUT2D eigenvalue weighted by Gasteiger charge is -2.19. The Kier molecular flexibility index (Phi) is 44.0. The molecule has 2 atom stereocenters. The van der Waals surface area contributed by atoms with Crippen LogP contribution in [-0.2, 0) is 32.7 Å². The van der Waals surface area contributed by atoms with Gasteiger partial charge in [0.05, 0.1) is 13.2 Å². The van der Waals surface area contributed by atoms with E-state index in [4.69, 9.17) is 24.3 Å². The number of ether oxygens (including phenoxy) is 2. The third kappa shape index (κ3) is 45.0. The largest absolute Gasteiger partial charge is 0.472 e. The zero-order valence-electron chi connectivity index (χ0n) is 38.2.